The molecule has 2 rings (SSSR count). The van der Waals surface area contributed by atoms with Gasteiger partial charge in [0.15, 0.2) is 5.84 Å². The molecule has 2 saturated heterocycles. The Bertz CT molecular complexity index is 333. The summed E-state index contributed by atoms with van der Waals surface area (Å²) in [7, 11) is 0. The molecule has 18 heavy (non-hydrogen) atoms. The standard InChI is InChI=1S/C12H21N3O3/c1-2-3-10(11(13)14-17)12(16)15-6-8-4-5-9(7-15)18-8/h8-10,17H,2-7H2,1H3,(H2,13,14). The lowest BCUT2D eigenvalue weighted by Crippen LogP contribution is -2.50. The minimum absolute atomic E-state index is 0.0145. The van der Waals surface area contributed by atoms with Gasteiger partial charge in [0.25, 0.3) is 0 Å². The molecule has 2 aliphatic rings. The minimum Gasteiger partial charge on any atom is -0.409 e. The molecule has 102 valence electrons. The van der Waals surface area contributed by atoms with Gasteiger partial charge in [-0.05, 0) is 19.3 Å². The third-order valence-electron chi connectivity index (χ3n) is 3.70. The molecule has 0 radical (unpaired) electrons. The van der Waals surface area contributed by atoms with Crippen molar-refractivity contribution >= 4 is 11.7 Å². The third kappa shape index (κ3) is 2.58. The minimum atomic E-state index is -0.502. The number of oxime groups is 1. The van der Waals surface area contributed by atoms with E-state index in [0.29, 0.717) is 19.5 Å². The topological polar surface area (TPSA) is 88.2 Å². The average Bonchev–Trinajstić information content (AvgIpc) is 2.73. The quantitative estimate of drug-likeness (QED) is 0.332. The Balaban J connectivity index is 2.04. The van der Waals surface area contributed by atoms with E-state index in [9.17, 15) is 4.79 Å². The summed E-state index contributed by atoms with van der Waals surface area (Å²) < 4.78 is 5.70. The maximum absolute atomic E-state index is 12.4. The fourth-order valence-corrected chi connectivity index (χ4v) is 2.77. The van der Waals surface area contributed by atoms with E-state index in [-0.39, 0.29) is 24.0 Å². The first-order valence-electron chi connectivity index (χ1n) is 6.57. The van der Waals surface area contributed by atoms with Crippen molar-refractivity contribution in [2.24, 2.45) is 16.8 Å². The molecule has 0 spiro atoms. The Morgan fingerprint density at radius 2 is 2.11 bits per heavy atom. The highest BCUT2D eigenvalue weighted by atomic mass is 16.5. The molecule has 6 heteroatoms. The van der Waals surface area contributed by atoms with E-state index in [0.717, 1.165) is 19.3 Å². The summed E-state index contributed by atoms with van der Waals surface area (Å²) in [6, 6.07) is 0. The van der Waals surface area contributed by atoms with E-state index in [2.05, 4.69) is 5.16 Å². The fraction of sp³-hybridized carbons (Fsp3) is 0.833. The monoisotopic (exact) mass is 255 g/mol. The highest BCUT2D eigenvalue weighted by Crippen LogP contribution is 2.27. The summed E-state index contributed by atoms with van der Waals surface area (Å²) in [6.45, 7) is 3.25. The average molecular weight is 255 g/mol. The molecular weight excluding hydrogens is 234 g/mol. The van der Waals surface area contributed by atoms with Crippen molar-refractivity contribution in [2.75, 3.05) is 13.1 Å². The number of amidine groups is 1. The Morgan fingerprint density at radius 3 is 2.61 bits per heavy atom. The first-order valence-corrected chi connectivity index (χ1v) is 6.57. The summed E-state index contributed by atoms with van der Waals surface area (Å²) in [5.74, 6) is -0.523. The van der Waals surface area contributed by atoms with Crippen LogP contribution in [-0.4, -0.2) is 47.1 Å². The summed E-state index contributed by atoms with van der Waals surface area (Å²) in [5, 5.41) is 11.8. The molecule has 0 aliphatic carbocycles. The molecule has 3 atom stereocenters. The van der Waals surface area contributed by atoms with Crippen LogP contribution in [0.15, 0.2) is 5.16 Å². The van der Waals surface area contributed by atoms with Crippen LogP contribution in [0.5, 0.6) is 0 Å². The number of amides is 1. The Morgan fingerprint density at radius 1 is 1.50 bits per heavy atom. The Kier molecular flexibility index (Phi) is 4.06. The molecule has 2 fully saturated rings. The summed E-state index contributed by atoms with van der Waals surface area (Å²) in [6.07, 6.45) is 3.82. The van der Waals surface area contributed by atoms with E-state index < -0.39 is 5.92 Å². The normalized spacial score (nSPS) is 29.4. The Hall–Kier alpha value is -1.30. The van der Waals surface area contributed by atoms with Gasteiger partial charge in [-0.3, -0.25) is 4.79 Å². The van der Waals surface area contributed by atoms with Crippen LogP contribution in [0.25, 0.3) is 0 Å². The number of fused-ring (bicyclic) bond motifs is 2. The predicted octanol–water partition coefficient (Wildman–Crippen LogP) is 0.539. The van der Waals surface area contributed by atoms with Crippen molar-refractivity contribution in [3.05, 3.63) is 0 Å². The highest BCUT2D eigenvalue weighted by Gasteiger charge is 2.38. The zero-order valence-corrected chi connectivity index (χ0v) is 10.7. The van der Waals surface area contributed by atoms with Crippen molar-refractivity contribution in [3.63, 3.8) is 0 Å². The number of nitrogens with two attached hydrogens (primary N) is 1. The number of likely N-dealkylation sites (tertiary alicyclic amines) is 1. The molecule has 0 saturated carbocycles. The molecular formula is C12H21N3O3. The second-order valence-corrected chi connectivity index (χ2v) is 5.07. The van der Waals surface area contributed by atoms with E-state index in [1.807, 2.05) is 11.8 Å². The SMILES string of the molecule is CCCC(C(=O)N1CC2CCC(C1)O2)/C(N)=N/O. The van der Waals surface area contributed by atoms with Gasteiger partial charge in [-0.1, -0.05) is 18.5 Å². The number of hydrogen-bond acceptors (Lipinski definition) is 4. The van der Waals surface area contributed by atoms with Crippen LogP contribution in [0.2, 0.25) is 0 Å². The molecule has 3 N–H and O–H groups in total. The molecule has 3 unspecified atom stereocenters. The van der Waals surface area contributed by atoms with Gasteiger partial charge in [-0.25, -0.2) is 0 Å². The second kappa shape index (κ2) is 5.56. The van der Waals surface area contributed by atoms with Crippen molar-refractivity contribution < 1.29 is 14.7 Å². The summed E-state index contributed by atoms with van der Waals surface area (Å²) in [4.78, 5) is 14.2. The molecule has 0 aromatic rings. The van der Waals surface area contributed by atoms with Crippen molar-refractivity contribution in [1.29, 1.82) is 0 Å². The van der Waals surface area contributed by atoms with E-state index in [4.69, 9.17) is 15.7 Å². The van der Waals surface area contributed by atoms with Crippen LogP contribution in [0.3, 0.4) is 0 Å². The molecule has 2 aliphatic heterocycles. The van der Waals surface area contributed by atoms with Crippen molar-refractivity contribution in [3.8, 4) is 0 Å². The number of carbonyl (C=O) groups excluding carboxylic acids is 1. The lowest BCUT2D eigenvalue weighted by atomic mass is 10.0. The van der Waals surface area contributed by atoms with Gasteiger partial charge in [0.2, 0.25) is 5.91 Å². The molecule has 2 heterocycles. The van der Waals surface area contributed by atoms with Crippen LogP contribution in [0, 0.1) is 5.92 Å². The highest BCUT2D eigenvalue weighted by molar-refractivity contribution is 6.02. The maximum atomic E-state index is 12.4. The van der Waals surface area contributed by atoms with Crippen LogP contribution in [0.4, 0.5) is 0 Å². The van der Waals surface area contributed by atoms with Crippen LogP contribution in [0.1, 0.15) is 32.6 Å². The lowest BCUT2D eigenvalue weighted by molar-refractivity contribution is -0.142. The number of rotatable bonds is 4. The van der Waals surface area contributed by atoms with Crippen LogP contribution >= 0.6 is 0 Å². The van der Waals surface area contributed by atoms with Crippen molar-refractivity contribution in [1.82, 2.24) is 4.90 Å². The zero-order valence-electron chi connectivity index (χ0n) is 10.7. The van der Waals surface area contributed by atoms with Gasteiger partial charge >= 0.3 is 0 Å². The summed E-state index contributed by atoms with van der Waals surface area (Å²) >= 11 is 0. The first kappa shape index (κ1) is 13.1. The van der Waals surface area contributed by atoms with E-state index >= 15 is 0 Å². The summed E-state index contributed by atoms with van der Waals surface area (Å²) in [5.41, 5.74) is 5.62. The Labute approximate surface area is 107 Å². The molecule has 0 aromatic heterocycles. The van der Waals surface area contributed by atoms with Gasteiger partial charge in [0, 0.05) is 13.1 Å². The maximum Gasteiger partial charge on any atom is 0.233 e. The third-order valence-corrected chi connectivity index (χ3v) is 3.70. The second-order valence-electron chi connectivity index (χ2n) is 5.07. The largest absolute Gasteiger partial charge is 0.409 e. The molecule has 0 aromatic carbocycles. The molecule has 2 bridgehead atoms. The zero-order chi connectivity index (χ0) is 13.1. The van der Waals surface area contributed by atoms with Crippen molar-refractivity contribution in [2.45, 2.75) is 44.8 Å². The predicted molar refractivity (Wildman–Crippen MR) is 66.3 cm³/mol. The number of hydrogen-bond donors (Lipinski definition) is 2. The fourth-order valence-electron chi connectivity index (χ4n) is 2.77. The number of morpholine rings is 1. The smallest absolute Gasteiger partial charge is 0.233 e. The van der Waals surface area contributed by atoms with E-state index in [1.165, 1.54) is 0 Å². The van der Waals surface area contributed by atoms with Crippen LogP contribution < -0.4 is 5.73 Å². The van der Waals surface area contributed by atoms with E-state index in [1.54, 1.807) is 0 Å². The number of nitrogens with zero attached hydrogens (tertiary/aromatic N) is 2. The number of carbonyl (C=O) groups is 1. The lowest BCUT2D eigenvalue weighted by Gasteiger charge is -2.34. The number of ether oxygens (including phenoxy) is 1. The van der Waals surface area contributed by atoms with Gasteiger partial charge in [-0.15, -0.1) is 0 Å². The molecule has 6 nitrogen and oxygen atoms in total. The molecule has 1 amide bonds. The van der Waals surface area contributed by atoms with Crippen LogP contribution in [-0.2, 0) is 9.53 Å². The van der Waals surface area contributed by atoms with Gasteiger partial charge in [0.05, 0.1) is 18.1 Å². The van der Waals surface area contributed by atoms with Gasteiger partial charge < -0.3 is 20.6 Å². The first-order chi connectivity index (χ1) is 8.65. The van der Waals surface area contributed by atoms with Gasteiger partial charge in [0.1, 0.15) is 0 Å². The van der Waals surface area contributed by atoms with Gasteiger partial charge in [-0.2, -0.15) is 0 Å².